The molecule has 1 unspecified atom stereocenters. The van der Waals surface area contributed by atoms with Crippen LogP contribution < -0.4 is 5.32 Å². The third-order valence-corrected chi connectivity index (χ3v) is 2.93. The Morgan fingerprint density at radius 1 is 1.56 bits per heavy atom. The van der Waals surface area contributed by atoms with Crippen molar-refractivity contribution in [2.75, 3.05) is 0 Å². The summed E-state index contributed by atoms with van der Waals surface area (Å²) in [6.45, 7) is 4.50. The van der Waals surface area contributed by atoms with E-state index in [4.69, 9.17) is 9.63 Å². The van der Waals surface area contributed by atoms with E-state index in [1.165, 1.54) is 0 Å². The van der Waals surface area contributed by atoms with E-state index in [0.717, 1.165) is 19.3 Å². The highest BCUT2D eigenvalue weighted by Gasteiger charge is 2.35. The van der Waals surface area contributed by atoms with Crippen LogP contribution in [0.3, 0.4) is 0 Å². The first-order chi connectivity index (χ1) is 8.56. The molecule has 0 amide bonds. The van der Waals surface area contributed by atoms with Crippen molar-refractivity contribution < 1.29 is 14.4 Å². The van der Waals surface area contributed by atoms with Crippen molar-refractivity contribution in [3.05, 3.63) is 11.7 Å². The Kier molecular flexibility index (Phi) is 3.96. The summed E-state index contributed by atoms with van der Waals surface area (Å²) >= 11 is 0. The van der Waals surface area contributed by atoms with Gasteiger partial charge in [-0.3, -0.25) is 10.1 Å². The van der Waals surface area contributed by atoms with Gasteiger partial charge in [0.15, 0.2) is 5.82 Å². The number of carboxylic acids is 1. The summed E-state index contributed by atoms with van der Waals surface area (Å²) in [5, 5.41) is 15.9. The van der Waals surface area contributed by atoms with Gasteiger partial charge in [0.2, 0.25) is 5.89 Å². The Morgan fingerprint density at radius 2 is 2.28 bits per heavy atom. The van der Waals surface area contributed by atoms with Crippen molar-refractivity contribution >= 4 is 5.97 Å². The highest BCUT2D eigenvalue weighted by atomic mass is 16.5. The summed E-state index contributed by atoms with van der Waals surface area (Å²) < 4.78 is 5.10. The van der Waals surface area contributed by atoms with Gasteiger partial charge < -0.3 is 9.63 Å². The zero-order chi connectivity index (χ0) is 13.1. The lowest BCUT2D eigenvalue weighted by Gasteiger charge is -2.11. The van der Waals surface area contributed by atoms with Gasteiger partial charge in [0.25, 0.3) is 0 Å². The van der Waals surface area contributed by atoms with Gasteiger partial charge in [0.1, 0.15) is 6.04 Å². The van der Waals surface area contributed by atoms with Crippen LogP contribution in [0.1, 0.15) is 38.4 Å². The van der Waals surface area contributed by atoms with Gasteiger partial charge in [-0.1, -0.05) is 19.0 Å². The van der Waals surface area contributed by atoms with E-state index in [-0.39, 0.29) is 5.92 Å². The summed E-state index contributed by atoms with van der Waals surface area (Å²) in [5.41, 5.74) is 0. The van der Waals surface area contributed by atoms with Crippen molar-refractivity contribution in [3.63, 3.8) is 0 Å². The SMILES string of the molecule is CC(C)Cc1nc(CNC(C(=O)O)C2CC2)no1. The molecule has 1 atom stereocenters. The third kappa shape index (κ3) is 3.53. The topological polar surface area (TPSA) is 88.2 Å². The van der Waals surface area contributed by atoms with E-state index in [0.29, 0.717) is 24.2 Å². The third-order valence-electron chi connectivity index (χ3n) is 2.93. The van der Waals surface area contributed by atoms with Crippen LogP contribution in [-0.4, -0.2) is 27.3 Å². The molecule has 1 heterocycles. The lowest BCUT2D eigenvalue weighted by atomic mass is 10.1. The van der Waals surface area contributed by atoms with Crippen LogP contribution in [0, 0.1) is 11.8 Å². The van der Waals surface area contributed by atoms with Gasteiger partial charge in [-0.05, 0) is 24.7 Å². The highest BCUT2D eigenvalue weighted by molar-refractivity contribution is 5.74. The number of rotatable bonds is 7. The molecule has 0 radical (unpaired) electrons. The monoisotopic (exact) mass is 253 g/mol. The minimum absolute atomic E-state index is 0.254. The first kappa shape index (κ1) is 13.0. The lowest BCUT2D eigenvalue weighted by Crippen LogP contribution is -2.38. The Bertz CT molecular complexity index is 412. The highest BCUT2D eigenvalue weighted by Crippen LogP contribution is 2.32. The molecule has 6 nitrogen and oxygen atoms in total. The van der Waals surface area contributed by atoms with E-state index in [1.807, 2.05) is 0 Å². The van der Waals surface area contributed by atoms with E-state index in [2.05, 4.69) is 29.3 Å². The maximum atomic E-state index is 11.0. The molecule has 1 aromatic rings. The van der Waals surface area contributed by atoms with Gasteiger partial charge >= 0.3 is 5.97 Å². The maximum absolute atomic E-state index is 11.0. The van der Waals surface area contributed by atoms with Gasteiger partial charge in [-0.25, -0.2) is 0 Å². The van der Waals surface area contributed by atoms with Crippen molar-refractivity contribution in [2.45, 2.75) is 45.7 Å². The molecule has 1 aromatic heterocycles. The zero-order valence-electron chi connectivity index (χ0n) is 10.7. The van der Waals surface area contributed by atoms with Crippen LogP contribution in [0.25, 0.3) is 0 Å². The molecule has 6 heteroatoms. The minimum Gasteiger partial charge on any atom is -0.480 e. The molecular formula is C12H19N3O3. The van der Waals surface area contributed by atoms with Crippen LogP contribution in [-0.2, 0) is 17.8 Å². The van der Waals surface area contributed by atoms with E-state index >= 15 is 0 Å². The fourth-order valence-electron chi connectivity index (χ4n) is 1.88. The molecule has 2 N–H and O–H groups in total. The number of hydrogen-bond acceptors (Lipinski definition) is 5. The Balaban J connectivity index is 1.85. The number of nitrogens with one attached hydrogen (secondary N) is 1. The molecular weight excluding hydrogens is 234 g/mol. The fraction of sp³-hybridized carbons (Fsp3) is 0.750. The summed E-state index contributed by atoms with van der Waals surface area (Å²) in [5.74, 6) is 1.05. The molecule has 0 saturated heterocycles. The molecule has 1 aliphatic rings. The van der Waals surface area contributed by atoms with Crippen molar-refractivity contribution in [3.8, 4) is 0 Å². The van der Waals surface area contributed by atoms with Crippen LogP contribution in [0.15, 0.2) is 4.52 Å². The summed E-state index contributed by atoms with van der Waals surface area (Å²) in [6, 6.07) is -0.489. The smallest absolute Gasteiger partial charge is 0.320 e. The summed E-state index contributed by atoms with van der Waals surface area (Å²) in [6.07, 6.45) is 2.71. The van der Waals surface area contributed by atoms with Gasteiger partial charge in [0.05, 0.1) is 6.54 Å². The number of carbonyl (C=O) groups is 1. The van der Waals surface area contributed by atoms with E-state index in [9.17, 15) is 4.79 Å². The van der Waals surface area contributed by atoms with Crippen LogP contribution in [0.4, 0.5) is 0 Å². The Morgan fingerprint density at radius 3 is 2.83 bits per heavy atom. The Hall–Kier alpha value is -1.43. The molecule has 2 rings (SSSR count). The standard InChI is InChI=1S/C12H19N3O3/c1-7(2)5-10-14-9(15-18-10)6-13-11(12(16)17)8-3-4-8/h7-8,11,13H,3-6H2,1-2H3,(H,16,17). The lowest BCUT2D eigenvalue weighted by molar-refractivity contribution is -0.140. The van der Waals surface area contributed by atoms with Gasteiger partial charge in [0, 0.05) is 6.42 Å². The van der Waals surface area contributed by atoms with Crippen molar-refractivity contribution in [1.29, 1.82) is 0 Å². The average Bonchev–Trinajstić information content (AvgIpc) is 3.00. The molecule has 0 aromatic carbocycles. The molecule has 100 valence electrons. The fourth-order valence-corrected chi connectivity index (χ4v) is 1.88. The first-order valence-electron chi connectivity index (χ1n) is 6.34. The van der Waals surface area contributed by atoms with Crippen molar-refractivity contribution in [2.24, 2.45) is 11.8 Å². The van der Waals surface area contributed by atoms with E-state index in [1.54, 1.807) is 0 Å². The molecule has 1 saturated carbocycles. The number of aliphatic carboxylic acids is 1. The summed E-state index contributed by atoms with van der Waals surface area (Å²) in [4.78, 5) is 15.3. The van der Waals surface area contributed by atoms with Crippen LogP contribution in [0.5, 0.6) is 0 Å². The number of hydrogen-bond donors (Lipinski definition) is 2. The normalized spacial score (nSPS) is 17.1. The second-order valence-electron chi connectivity index (χ2n) is 5.24. The van der Waals surface area contributed by atoms with Crippen molar-refractivity contribution in [1.82, 2.24) is 15.5 Å². The molecule has 0 aliphatic heterocycles. The number of carboxylic acid groups (broad SMARTS) is 1. The largest absolute Gasteiger partial charge is 0.480 e. The first-order valence-corrected chi connectivity index (χ1v) is 6.34. The molecule has 18 heavy (non-hydrogen) atoms. The summed E-state index contributed by atoms with van der Waals surface area (Å²) in [7, 11) is 0. The average molecular weight is 253 g/mol. The molecule has 0 spiro atoms. The van der Waals surface area contributed by atoms with E-state index < -0.39 is 12.0 Å². The predicted molar refractivity (Wildman–Crippen MR) is 63.8 cm³/mol. The van der Waals surface area contributed by atoms with Gasteiger partial charge in [-0.15, -0.1) is 0 Å². The van der Waals surface area contributed by atoms with Crippen LogP contribution in [0.2, 0.25) is 0 Å². The molecule has 0 bridgehead atoms. The second-order valence-corrected chi connectivity index (χ2v) is 5.24. The van der Waals surface area contributed by atoms with Crippen LogP contribution >= 0.6 is 0 Å². The quantitative estimate of drug-likeness (QED) is 0.759. The minimum atomic E-state index is -0.802. The second kappa shape index (κ2) is 5.48. The number of aromatic nitrogens is 2. The number of nitrogens with zero attached hydrogens (tertiary/aromatic N) is 2. The molecule has 1 aliphatic carbocycles. The molecule has 1 fully saturated rings. The zero-order valence-corrected chi connectivity index (χ0v) is 10.7. The predicted octanol–water partition coefficient (Wildman–Crippen LogP) is 1.22. The Labute approximate surface area is 106 Å². The van der Waals surface area contributed by atoms with Gasteiger partial charge in [-0.2, -0.15) is 4.98 Å². The maximum Gasteiger partial charge on any atom is 0.320 e.